The molecule has 0 heterocycles. The molecule has 0 atom stereocenters. The van der Waals surface area contributed by atoms with E-state index in [0.717, 1.165) is 8.14 Å². The van der Waals surface area contributed by atoms with Crippen molar-refractivity contribution in [3.63, 3.8) is 0 Å². The standard InChI is InChI=1S/C2H5BrSi/c1-2-4-3/h2H2,1H3. The van der Waals surface area contributed by atoms with Gasteiger partial charge in [-0.1, -0.05) is 13.0 Å². The van der Waals surface area contributed by atoms with Gasteiger partial charge in [0.15, 0.2) is 0 Å². The zero-order valence-electron chi connectivity index (χ0n) is 2.59. The summed E-state index contributed by atoms with van der Waals surface area (Å²) in [5.74, 6) is 0. The molecule has 0 aliphatic heterocycles. The van der Waals surface area contributed by atoms with Crippen LogP contribution in [0.3, 0.4) is 0 Å². The molecule has 0 aliphatic rings. The predicted molar refractivity (Wildman–Crippen MR) is 25.2 cm³/mol. The topological polar surface area (TPSA) is 0 Å². The van der Waals surface area contributed by atoms with Crippen LogP contribution in [0.15, 0.2) is 0 Å². The molecule has 0 unspecified atom stereocenters. The third-order valence-electron chi connectivity index (χ3n) is 0.134. The quantitative estimate of drug-likeness (QED) is 0.379. The molecule has 0 aliphatic carbocycles. The molecule has 0 aromatic heterocycles. The second-order valence-electron chi connectivity index (χ2n) is 0.487. The summed E-state index contributed by atoms with van der Waals surface area (Å²) in [4.78, 5) is 0. The summed E-state index contributed by atoms with van der Waals surface area (Å²) in [6.45, 7) is 2.15. The molecule has 0 bridgehead atoms. The van der Waals surface area contributed by atoms with Crippen LogP contribution in [-0.4, -0.2) is 8.14 Å². The molecule has 0 nitrogen and oxygen atoms in total. The molecule has 4 heavy (non-hydrogen) atoms. The second kappa shape index (κ2) is 3.70. The highest BCUT2D eigenvalue weighted by molar-refractivity contribution is 9.23. The summed E-state index contributed by atoms with van der Waals surface area (Å²) in [5.41, 5.74) is 0. The van der Waals surface area contributed by atoms with Crippen LogP contribution < -0.4 is 0 Å². The Morgan fingerprint density at radius 1 is 2.00 bits per heavy atom. The Hall–Kier alpha value is 0.697. The van der Waals surface area contributed by atoms with Gasteiger partial charge in [0.05, 0.1) is 0 Å². The van der Waals surface area contributed by atoms with Gasteiger partial charge in [-0.3, -0.25) is 0 Å². The fourth-order valence-corrected chi connectivity index (χ4v) is 0. The van der Waals surface area contributed by atoms with Crippen molar-refractivity contribution in [3.8, 4) is 0 Å². The number of hydrogen-bond donors (Lipinski definition) is 0. The van der Waals surface area contributed by atoms with Crippen molar-refractivity contribution in [1.29, 1.82) is 0 Å². The fraction of sp³-hybridized carbons (Fsp3) is 1.00. The van der Waals surface area contributed by atoms with E-state index in [1.807, 2.05) is 0 Å². The van der Waals surface area contributed by atoms with Gasteiger partial charge in [-0.25, -0.2) is 0 Å². The summed E-state index contributed by atoms with van der Waals surface area (Å²) in [5, 5.41) is 0. The van der Waals surface area contributed by atoms with Crippen molar-refractivity contribution in [2.45, 2.75) is 13.0 Å². The Morgan fingerprint density at radius 3 is 2.25 bits per heavy atom. The first-order valence-electron chi connectivity index (χ1n) is 1.25. The lowest BCUT2D eigenvalue weighted by molar-refractivity contribution is 1.48. The predicted octanol–water partition coefficient (Wildman–Crippen LogP) is 1.44. The van der Waals surface area contributed by atoms with Crippen LogP contribution in [0, 0.1) is 0 Å². The van der Waals surface area contributed by atoms with E-state index in [0.29, 0.717) is 0 Å². The van der Waals surface area contributed by atoms with E-state index >= 15 is 0 Å². The second-order valence-corrected chi connectivity index (χ2v) is 3.14. The third kappa shape index (κ3) is 2.70. The lowest BCUT2D eigenvalue weighted by Gasteiger charge is -1.62. The minimum atomic E-state index is 0.953. The Kier molecular flexibility index (Phi) is 4.34. The summed E-state index contributed by atoms with van der Waals surface area (Å²) >= 11 is 3.28. The number of halogens is 1. The van der Waals surface area contributed by atoms with Gasteiger partial charge >= 0.3 is 0 Å². The van der Waals surface area contributed by atoms with E-state index in [-0.39, 0.29) is 0 Å². The van der Waals surface area contributed by atoms with E-state index < -0.39 is 0 Å². The van der Waals surface area contributed by atoms with Crippen molar-refractivity contribution in [2.24, 2.45) is 0 Å². The number of hydrogen-bond acceptors (Lipinski definition) is 0. The van der Waals surface area contributed by atoms with Crippen LogP contribution in [0.1, 0.15) is 6.92 Å². The van der Waals surface area contributed by atoms with Crippen LogP contribution >= 0.6 is 15.3 Å². The first-order valence-corrected chi connectivity index (χ1v) is 4.71. The monoisotopic (exact) mass is 136 g/mol. The van der Waals surface area contributed by atoms with Gasteiger partial charge in [-0.15, -0.1) is 15.3 Å². The molecule has 0 rings (SSSR count). The fourth-order valence-electron chi connectivity index (χ4n) is 0. The van der Waals surface area contributed by atoms with Gasteiger partial charge < -0.3 is 0 Å². The Labute approximate surface area is 37.0 Å². The van der Waals surface area contributed by atoms with Gasteiger partial charge in [0.1, 0.15) is 8.14 Å². The van der Waals surface area contributed by atoms with Crippen molar-refractivity contribution in [2.75, 3.05) is 0 Å². The average molecular weight is 137 g/mol. The van der Waals surface area contributed by atoms with Gasteiger partial charge in [0, 0.05) is 0 Å². The Morgan fingerprint density at radius 2 is 2.25 bits per heavy atom. The molecule has 0 aromatic carbocycles. The smallest absolute Gasteiger partial charge is 0.131 e. The zero-order valence-corrected chi connectivity index (χ0v) is 5.17. The molecular weight excluding hydrogens is 132 g/mol. The molecule has 0 saturated heterocycles. The van der Waals surface area contributed by atoms with Gasteiger partial charge in [-0.2, -0.15) is 0 Å². The molecular formula is C2H5BrSi. The van der Waals surface area contributed by atoms with Crippen molar-refractivity contribution >= 4 is 23.4 Å². The minimum absolute atomic E-state index is 0.953. The van der Waals surface area contributed by atoms with Gasteiger partial charge in [-0.05, 0) is 0 Å². The van der Waals surface area contributed by atoms with Crippen LogP contribution in [-0.2, 0) is 0 Å². The largest absolute Gasteiger partial charge is 0.136 e. The SMILES string of the molecule is CC[Si]Br. The van der Waals surface area contributed by atoms with Crippen LogP contribution in [0.25, 0.3) is 0 Å². The Bertz CT molecular complexity index is 8.00. The van der Waals surface area contributed by atoms with Crippen molar-refractivity contribution in [1.82, 2.24) is 0 Å². The maximum Gasteiger partial charge on any atom is 0.136 e. The maximum absolute atomic E-state index is 3.28. The van der Waals surface area contributed by atoms with Gasteiger partial charge in [0.25, 0.3) is 0 Å². The van der Waals surface area contributed by atoms with Gasteiger partial charge in [0.2, 0.25) is 0 Å². The summed E-state index contributed by atoms with van der Waals surface area (Å²) in [7, 11) is 0.953. The van der Waals surface area contributed by atoms with E-state index in [4.69, 9.17) is 0 Å². The normalized spacial score (nSPS) is 7.50. The molecule has 2 heteroatoms. The maximum atomic E-state index is 3.28. The lowest BCUT2D eigenvalue weighted by Crippen LogP contribution is -1.60. The summed E-state index contributed by atoms with van der Waals surface area (Å²) < 4.78 is 0. The van der Waals surface area contributed by atoms with Crippen LogP contribution in [0.4, 0.5) is 0 Å². The number of rotatable bonds is 1. The highest BCUT2D eigenvalue weighted by Crippen LogP contribution is 1.77. The summed E-state index contributed by atoms with van der Waals surface area (Å²) in [6, 6.07) is 1.26. The zero-order chi connectivity index (χ0) is 3.41. The van der Waals surface area contributed by atoms with E-state index in [2.05, 4.69) is 22.2 Å². The highest BCUT2D eigenvalue weighted by atomic mass is 79.9. The average Bonchev–Trinajstić information content (AvgIpc) is 1.37. The Balaban J connectivity index is 1.97. The van der Waals surface area contributed by atoms with Crippen LogP contribution in [0.5, 0.6) is 0 Å². The van der Waals surface area contributed by atoms with E-state index in [1.165, 1.54) is 6.04 Å². The van der Waals surface area contributed by atoms with Crippen molar-refractivity contribution in [3.05, 3.63) is 0 Å². The highest BCUT2D eigenvalue weighted by Gasteiger charge is 1.63. The molecule has 0 fully saturated rings. The van der Waals surface area contributed by atoms with Crippen molar-refractivity contribution < 1.29 is 0 Å². The molecule has 0 N–H and O–H groups in total. The van der Waals surface area contributed by atoms with E-state index in [1.54, 1.807) is 0 Å². The molecule has 0 saturated carbocycles. The lowest BCUT2D eigenvalue weighted by atomic mass is 11.0. The molecule has 2 radical (unpaired) electrons. The molecule has 0 spiro atoms. The molecule has 24 valence electrons. The first-order chi connectivity index (χ1) is 1.91. The van der Waals surface area contributed by atoms with Crippen LogP contribution in [0.2, 0.25) is 6.04 Å². The molecule has 0 amide bonds. The summed E-state index contributed by atoms with van der Waals surface area (Å²) in [6.07, 6.45) is 0. The first kappa shape index (κ1) is 4.70. The minimum Gasteiger partial charge on any atom is -0.131 e. The third-order valence-corrected chi connectivity index (χ3v) is 2.08. The van der Waals surface area contributed by atoms with E-state index in [9.17, 15) is 0 Å². The molecule has 0 aromatic rings.